The predicted octanol–water partition coefficient (Wildman–Crippen LogP) is 4.13. The zero-order chi connectivity index (χ0) is 34.1. The summed E-state index contributed by atoms with van der Waals surface area (Å²) in [5, 5.41) is 15.1. The number of alkyl halides is 6. The number of halogens is 6. The van der Waals surface area contributed by atoms with Crippen LogP contribution in [-0.4, -0.2) is 78.9 Å². The van der Waals surface area contributed by atoms with E-state index in [1.165, 1.54) is 15.7 Å². The molecule has 5 heterocycles. The monoisotopic (exact) mass is 666 g/mol. The number of nitrogens with zero attached hydrogens (tertiary/aromatic N) is 5. The minimum atomic E-state index is -5.08. The van der Waals surface area contributed by atoms with Crippen molar-refractivity contribution in [1.29, 1.82) is 0 Å². The van der Waals surface area contributed by atoms with Crippen molar-refractivity contribution in [3.63, 3.8) is 0 Å². The van der Waals surface area contributed by atoms with Gasteiger partial charge in [0.25, 0.3) is 0 Å². The number of piperidine rings is 1. The first-order chi connectivity index (χ1) is 22.0. The molecule has 7 rings (SSSR count). The molecule has 2 saturated heterocycles. The van der Waals surface area contributed by atoms with Crippen LogP contribution in [0.5, 0.6) is 0 Å². The zero-order valence-corrected chi connectivity index (χ0v) is 24.9. The Bertz CT molecular complexity index is 1870. The van der Waals surface area contributed by atoms with Crippen molar-refractivity contribution in [1.82, 2.24) is 29.4 Å². The van der Waals surface area contributed by atoms with E-state index < -0.39 is 23.9 Å². The summed E-state index contributed by atoms with van der Waals surface area (Å²) in [6, 6.07) is 5.67. The fourth-order valence-electron chi connectivity index (χ4n) is 6.42. The molecule has 0 spiro atoms. The highest BCUT2D eigenvalue weighted by Gasteiger charge is 2.72. The van der Waals surface area contributed by atoms with Gasteiger partial charge in [-0.2, -0.15) is 31.4 Å². The van der Waals surface area contributed by atoms with Gasteiger partial charge in [0.1, 0.15) is 6.33 Å². The van der Waals surface area contributed by atoms with Crippen molar-refractivity contribution >= 4 is 34.2 Å². The molecule has 2 N–H and O–H groups in total. The van der Waals surface area contributed by atoms with E-state index in [2.05, 4.69) is 15.4 Å². The molecular formula is C30H28F6N6O5. The lowest BCUT2D eigenvalue weighted by Gasteiger charge is -2.24. The smallest absolute Gasteiger partial charge is 0.475 e. The van der Waals surface area contributed by atoms with Crippen molar-refractivity contribution in [2.75, 3.05) is 19.7 Å². The average molecular weight is 667 g/mol. The van der Waals surface area contributed by atoms with Gasteiger partial charge in [-0.15, -0.1) is 0 Å². The summed E-state index contributed by atoms with van der Waals surface area (Å²) in [6.45, 7) is 6.34. The van der Waals surface area contributed by atoms with E-state index in [0.29, 0.717) is 52.9 Å². The Morgan fingerprint density at radius 3 is 2.38 bits per heavy atom. The molecule has 2 unspecified atom stereocenters. The second-order valence-corrected chi connectivity index (χ2v) is 12.3. The maximum Gasteiger partial charge on any atom is 0.490 e. The van der Waals surface area contributed by atoms with Crippen LogP contribution >= 0.6 is 0 Å². The maximum atomic E-state index is 14.0. The number of carbonyl (C=O) groups is 3. The first-order valence-corrected chi connectivity index (χ1v) is 14.5. The SMILES string of the molecule is CC1(C)C2C(=O)N(Cc3cc4c(-c5cc(C(F)(F)F)cc6ccn(C[C@@H]7CNCCO7)c56)ncnn4c3)C(=O)C21.O=C(O)C(F)(F)F. The number of nitrogens with one attached hydrogen (secondary N) is 1. The van der Waals surface area contributed by atoms with Crippen LogP contribution in [0.4, 0.5) is 26.3 Å². The average Bonchev–Trinajstić information content (AvgIpc) is 3.34. The van der Waals surface area contributed by atoms with Crippen molar-refractivity contribution in [3.05, 3.63) is 54.1 Å². The molecule has 3 aliphatic rings. The number of aliphatic carboxylic acids is 1. The molecule has 1 aliphatic carbocycles. The zero-order valence-electron chi connectivity index (χ0n) is 24.9. The highest BCUT2D eigenvalue weighted by atomic mass is 19.4. The Labute approximate surface area is 262 Å². The number of imide groups is 1. The summed E-state index contributed by atoms with van der Waals surface area (Å²) < 4.78 is 82.9. The lowest BCUT2D eigenvalue weighted by Crippen LogP contribution is -2.40. The number of carbonyl (C=O) groups excluding carboxylic acids is 2. The van der Waals surface area contributed by atoms with E-state index in [-0.39, 0.29) is 41.7 Å². The Morgan fingerprint density at radius 2 is 1.79 bits per heavy atom. The van der Waals surface area contributed by atoms with Crippen LogP contribution < -0.4 is 5.32 Å². The van der Waals surface area contributed by atoms with Gasteiger partial charge in [-0.1, -0.05) is 13.8 Å². The number of fused-ring (bicyclic) bond motifs is 3. The molecule has 2 amide bonds. The van der Waals surface area contributed by atoms with Crippen LogP contribution in [-0.2, 0) is 38.4 Å². The Morgan fingerprint density at radius 1 is 1.11 bits per heavy atom. The maximum absolute atomic E-state index is 14.0. The van der Waals surface area contributed by atoms with Crippen molar-refractivity contribution in [3.8, 4) is 11.3 Å². The molecule has 17 heteroatoms. The van der Waals surface area contributed by atoms with E-state index in [0.717, 1.165) is 18.7 Å². The van der Waals surface area contributed by atoms with Gasteiger partial charge in [-0.3, -0.25) is 14.5 Å². The number of hydrogen-bond donors (Lipinski definition) is 2. The van der Waals surface area contributed by atoms with Crippen LogP contribution in [0.3, 0.4) is 0 Å². The number of rotatable bonds is 5. The standard InChI is InChI=1S/C28H27F3N6O3.C2HF3O2/c1-27(2)21-22(27)26(39)36(25(21)38)11-15-7-20-23(33-14-34-37(20)12-15)19-9-17(28(29,30)31)8-16-3-5-35(24(16)19)13-18-10-32-4-6-40-18;3-2(4,5)1(6)7/h3,5,7-9,12,14,18,21-22,32H,4,6,10-11,13H2,1-2H3;(H,6,7)/t18-,21?,22?;/m0./s1. The fourth-order valence-corrected chi connectivity index (χ4v) is 6.42. The highest BCUT2D eigenvalue weighted by molar-refractivity contribution is 6.10. The van der Waals surface area contributed by atoms with Crippen LogP contribution in [0, 0.1) is 17.3 Å². The molecule has 250 valence electrons. The van der Waals surface area contributed by atoms with E-state index in [1.807, 2.05) is 18.4 Å². The normalized spacial score (nSPS) is 22.4. The number of carboxylic acid groups (broad SMARTS) is 1. The highest BCUT2D eigenvalue weighted by Crippen LogP contribution is 2.63. The first-order valence-electron chi connectivity index (χ1n) is 14.5. The molecule has 0 radical (unpaired) electrons. The second kappa shape index (κ2) is 11.3. The third kappa shape index (κ3) is 5.93. The third-order valence-electron chi connectivity index (χ3n) is 8.79. The van der Waals surface area contributed by atoms with Crippen LogP contribution in [0.2, 0.25) is 0 Å². The van der Waals surface area contributed by atoms with Crippen LogP contribution in [0.15, 0.2) is 43.0 Å². The number of morpholine rings is 1. The predicted molar refractivity (Wildman–Crippen MR) is 152 cm³/mol. The molecule has 47 heavy (non-hydrogen) atoms. The van der Waals surface area contributed by atoms with E-state index in [1.54, 1.807) is 24.5 Å². The van der Waals surface area contributed by atoms with Crippen molar-refractivity contribution in [2.45, 2.75) is 45.4 Å². The lowest BCUT2D eigenvalue weighted by molar-refractivity contribution is -0.192. The van der Waals surface area contributed by atoms with Crippen LogP contribution in [0.25, 0.3) is 27.7 Å². The van der Waals surface area contributed by atoms with E-state index in [9.17, 15) is 35.9 Å². The fraction of sp³-hybridized carbons (Fsp3) is 0.433. The number of hydrogen-bond acceptors (Lipinski definition) is 7. The summed E-state index contributed by atoms with van der Waals surface area (Å²) in [6.07, 6.45) is -5.02. The minimum Gasteiger partial charge on any atom is -0.475 e. The quantitative estimate of drug-likeness (QED) is 0.240. The van der Waals surface area contributed by atoms with Crippen molar-refractivity contribution < 1.29 is 50.6 Å². The van der Waals surface area contributed by atoms with Gasteiger partial charge < -0.3 is 19.7 Å². The summed E-state index contributed by atoms with van der Waals surface area (Å²) >= 11 is 0. The summed E-state index contributed by atoms with van der Waals surface area (Å²) in [5.74, 6) is -3.70. The van der Waals surface area contributed by atoms with Gasteiger partial charge in [0, 0.05) is 36.4 Å². The molecule has 0 bridgehead atoms. The molecule has 1 saturated carbocycles. The molecule has 4 aromatic rings. The molecule has 3 aromatic heterocycles. The number of benzene rings is 1. The molecule has 3 atom stereocenters. The molecule has 3 fully saturated rings. The van der Waals surface area contributed by atoms with Gasteiger partial charge in [0.15, 0.2) is 0 Å². The van der Waals surface area contributed by atoms with E-state index >= 15 is 0 Å². The molecule has 2 aliphatic heterocycles. The van der Waals surface area contributed by atoms with Gasteiger partial charge in [-0.25, -0.2) is 14.3 Å². The summed E-state index contributed by atoms with van der Waals surface area (Å²) in [4.78, 5) is 40.3. The molecule has 1 aromatic carbocycles. The number of likely N-dealkylation sites (tertiary alicyclic amines) is 1. The largest absolute Gasteiger partial charge is 0.490 e. The topological polar surface area (TPSA) is 131 Å². The number of aromatic nitrogens is 4. The minimum absolute atomic E-state index is 0.0734. The van der Waals surface area contributed by atoms with Crippen molar-refractivity contribution in [2.24, 2.45) is 17.3 Å². The summed E-state index contributed by atoms with van der Waals surface area (Å²) in [7, 11) is 0. The Hall–Kier alpha value is -4.51. The van der Waals surface area contributed by atoms with Gasteiger partial charge in [-0.05, 0) is 35.2 Å². The van der Waals surface area contributed by atoms with Crippen LogP contribution in [0.1, 0.15) is 25.0 Å². The summed E-state index contributed by atoms with van der Waals surface area (Å²) in [5.41, 5.74) is 1.28. The van der Waals surface area contributed by atoms with Gasteiger partial charge in [0.05, 0.1) is 59.9 Å². The molecular weight excluding hydrogens is 638 g/mol. The van der Waals surface area contributed by atoms with E-state index in [4.69, 9.17) is 14.6 Å². The lowest BCUT2D eigenvalue weighted by atomic mass is 10.0. The molecule has 11 nitrogen and oxygen atoms in total. The number of ether oxygens (including phenoxy) is 1. The third-order valence-corrected chi connectivity index (χ3v) is 8.79. The number of carboxylic acids is 1. The first kappa shape index (κ1) is 32.4. The van der Waals surface area contributed by atoms with Gasteiger partial charge in [0.2, 0.25) is 11.8 Å². The number of amides is 2. The Kier molecular flexibility index (Phi) is 7.82. The van der Waals surface area contributed by atoms with Gasteiger partial charge >= 0.3 is 18.3 Å². The Balaban J connectivity index is 0.000000499. The second-order valence-electron chi connectivity index (χ2n) is 12.3.